The molecule has 0 aliphatic rings. The van der Waals surface area contributed by atoms with Gasteiger partial charge in [-0.2, -0.15) is 0 Å². The highest BCUT2D eigenvalue weighted by Crippen LogP contribution is 2.32. The summed E-state index contributed by atoms with van der Waals surface area (Å²) in [5.74, 6) is 7.92. The molecule has 0 spiro atoms. The van der Waals surface area contributed by atoms with E-state index in [1.54, 1.807) is 32.4 Å². The first-order valence-electron chi connectivity index (χ1n) is 9.90. The molecule has 3 N–H and O–H groups in total. The Balaban J connectivity index is 1.64. The van der Waals surface area contributed by atoms with Gasteiger partial charge in [-0.05, 0) is 36.6 Å². The SMILES string of the molecule is CCc1ccc([C@H](C)NC(=O)CSc2nnc(-c3ccc(OC)cc3OC)n2N)cc1. The Morgan fingerprint density at radius 2 is 1.90 bits per heavy atom. The van der Waals surface area contributed by atoms with E-state index in [0.29, 0.717) is 28.0 Å². The number of ether oxygens (including phenoxy) is 2. The maximum atomic E-state index is 12.4. The molecule has 3 aromatic rings. The number of aryl methyl sites for hydroxylation is 1. The van der Waals surface area contributed by atoms with Crippen molar-refractivity contribution in [3.63, 3.8) is 0 Å². The monoisotopic (exact) mass is 441 g/mol. The molecule has 0 fully saturated rings. The highest BCUT2D eigenvalue weighted by Gasteiger charge is 2.18. The van der Waals surface area contributed by atoms with E-state index in [2.05, 4.69) is 34.6 Å². The molecule has 0 unspecified atom stereocenters. The average molecular weight is 442 g/mol. The van der Waals surface area contributed by atoms with Crippen molar-refractivity contribution in [1.29, 1.82) is 0 Å². The van der Waals surface area contributed by atoms with Crippen molar-refractivity contribution in [1.82, 2.24) is 20.2 Å². The first-order valence-corrected chi connectivity index (χ1v) is 10.9. The van der Waals surface area contributed by atoms with Gasteiger partial charge in [0.1, 0.15) is 11.5 Å². The smallest absolute Gasteiger partial charge is 0.230 e. The first-order chi connectivity index (χ1) is 15.0. The summed E-state index contributed by atoms with van der Waals surface area (Å²) < 4.78 is 12.0. The van der Waals surface area contributed by atoms with Crippen molar-refractivity contribution in [2.45, 2.75) is 31.5 Å². The van der Waals surface area contributed by atoms with Crippen LogP contribution in [0.15, 0.2) is 47.6 Å². The van der Waals surface area contributed by atoms with E-state index in [4.69, 9.17) is 15.3 Å². The molecule has 1 heterocycles. The van der Waals surface area contributed by atoms with Gasteiger partial charge < -0.3 is 20.6 Å². The zero-order chi connectivity index (χ0) is 22.4. The Morgan fingerprint density at radius 1 is 1.16 bits per heavy atom. The van der Waals surface area contributed by atoms with Crippen LogP contribution in [0.1, 0.15) is 31.0 Å². The lowest BCUT2D eigenvalue weighted by Gasteiger charge is -2.14. The zero-order valence-electron chi connectivity index (χ0n) is 18.1. The second kappa shape index (κ2) is 10.2. The highest BCUT2D eigenvalue weighted by molar-refractivity contribution is 7.99. The largest absolute Gasteiger partial charge is 0.497 e. The van der Waals surface area contributed by atoms with Gasteiger partial charge in [-0.25, -0.2) is 4.68 Å². The summed E-state index contributed by atoms with van der Waals surface area (Å²) in [6, 6.07) is 13.5. The number of nitrogens with one attached hydrogen (secondary N) is 1. The molecule has 0 saturated carbocycles. The van der Waals surface area contributed by atoms with E-state index < -0.39 is 0 Å². The summed E-state index contributed by atoms with van der Waals surface area (Å²) in [5, 5.41) is 11.7. The maximum Gasteiger partial charge on any atom is 0.230 e. The topological polar surface area (TPSA) is 104 Å². The normalized spacial score (nSPS) is 11.7. The number of nitrogens with two attached hydrogens (primary N) is 1. The average Bonchev–Trinajstić information content (AvgIpc) is 3.17. The first kappa shape index (κ1) is 22.5. The summed E-state index contributed by atoms with van der Waals surface area (Å²) in [5.41, 5.74) is 3.01. The van der Waals surface area contributed by atoms with Crippen LogP contribution in [0.3, 0.4) is 0 Å². The number of nitrogens with zero attached hydrogens (tertiary/aromatic N) is 3. The van der Waals surface area contributed by atoms with Crippen LogP contribution in [0, 0.1) is 0 Å². The lowest BCUT2D eigenvalue weighted by molar-refractivity contribution is -0.119. The van der Waals surface area contributed by atoms with Gasteiger partial charge in [0.25, 0.3) is 0 Å². The third kappa shape index (κ3) is 5.29. The molecule has 3 rings (SSSR count). The van der Waals surface area contributed by atoms with Gasteiger partial charge in [-0.3, -0.25) is 4.79 Å². The Morgan fingerprint density at radius 3 is 2.55 bits per heavy atom. The van der Waals surface area contributed by atoms with Crippen LogP contribution in [0.2, 0.25) is 0 Å². The van der Waals surface area contributed by atoms with E-state index in [-0.39, 0.29) is 17.7 Å². The van der Waals surface area contributed by atoms with Crippen molar-refractivity contribution in [3.8, 4) is 22.9 Å². The van der Waals surface area contributed by atoms with Gasteiger partial charge in [0.05, 0.1) is 31.6 Å². The van der Waals surface area contributed by atoms with Crippen LogP contribution < -0.4 is 20.6 Å². The molecule has 0 aliphatic carbocycles. The number of methoxy groups -OCH3 is 2. The highest BCUT2D eigenvalue weighted by atomic mass is 32.2. The van der Waals surface area contributed by atoms with Crippen LogP contribution >= 0.6 is 11.8 Å². The van der Waals surface area contributed by atoms with Crippen LogP contribution in [0.4, 0.5) is 0 Å². The molecule has 1 atom stereocenters. The van der Waals surface area contributed by atoms with Gasteiger partial charge in [0.2, 0.25) is 11.1 Å². The molecule has 9 heteroatoms. The minimum absolute atomic E-state index is 0.0890. The van der Waals surface area contributed by atoms with E-state index in [1.165, 1.54) is 22.0 Å². The number of nitrogen functional groups attached to an aromatic ring is 1. The Kier molecular flexibility index (Phi) is 7.41. The van der Waals surface area contributed by atoms with Crippen molar-refractivity contribution in [2.75, 3.05) is 25.8 Å². The van der Waals surface area contributed by atoms with Gasteiger partial charge >= 0.3 is 0 Å². The molecule has 164 valence electrons. The van der Waals surface area contributed by atoms with Crippen molar-refractivity contribution >= 4 is 17.7 Å². The Labute approximate surface area is 186 Å². The summed E-state index contributed by atoms with van der Waals surface area (Å²) in [6.45, 7) is 4.08. The van der Waals surface area contributed by atoms with Crippen LogP contribution in [0.25, 0.3) is 11.4 Å². The molecular weight excluding hydrogens is 414 g/mol. The fourth-order valence-corrected chi connectivity index (χ4v) is 3.75. The van der Waals surface area contributed by atoms with E-state index >= 15 is 0 Å². The van der Waals surface area contributed by atoms with E-state index in [9.17, 15) is 4.79 Å². The minimum atomic E-state index is -0.108. The molecule has 2 aromatic carbocycles. The number of aromatic nitrogens is 3. The summed E-state index contributed by atoms with van der Waals surface area (Å²) >= 11 is 1.22. The van der Waals surface area contributed by atoms with Crippen LogP contribution in [0.5, 0.6) is 11.5 Å². The molecule has 0 aliphatic heterocycles. The van der Waals surface area contributed by atoms with Crippen LogP contribution in [-0.4, -0.2) is 40.8 Å². The van der Waals surface area contributed by atoms with Crippen molar-refractivity contribution < 1.29 is 14.3 Å². The predicted molar refractivity (Wildman–Crippen MR) is 122 cm³/mol. The summed E-state index contributed by atoms with van der Waals surface area (Å²) in [4.78, 5) is 12.4. The predicted octanol–water partition coefficient (Wildman–Crippen LogP) is 3.21. The molecule has 1 amide bonds. The number of rotatable bonds is 9. The fraction of sp³-hybridized carbons (Fsp3) is 0.318. The molecule has 31 heavy (non-hydrogen) atoms. The van der Waals surface area contributed by atoms with Crippen molar-refractivity contribution in [2.24, 2.45) is 0 Å². The third-order valence-electron chi connectivity index (χ3n) is 4.91. The number of hydrogen-bond donors (Lipinski definition) is 2. The maximum absolute atomic E-state index is 12.4. The number of carbonyl (C=O) groups is 1. The van der Waals surface area contributed by atoms with Gasteiger partial charge in [-0.1, -0.05) is 43.0 Å². The number of hydrogen-bond acceptors (Lipinski definition) is 7. The van der Waals surface area contributed by atoms with E-state index in [0.717, 1.165) is 12.0 Å². The third-order valence-corrected chi connectivity index (χ3v) is 5.86. The number of benzene rings is 2. The van der Waals surface area contributed by atoms with Gasteiger partial charge in [-0.15, -0.1) is 10.2 Å². The van der Waals surface area contributed by atoms with Crippen molar-refractivity contribution in [3.05, 3.63) is 53.6 Å². The van der Waals surface area contributed by atoms with Gasteiger partial charge in [0.15, 0.2) is 5.82 Å². The summed E-state index contributed by atoms with van der Waals surface area (Å²) in [6.07, 6.45) is 0.988. The lowest BCUT2D eigenvalue weighted by Crippen LogP contribution is -2.28. The van der Waals surface area contributed by atoms with Crippen LogP contribution in [-0.2, 0) is 11.2 Å². The molecule has 0 radical (unpaired) electrons. The minimum Gasteiger partial charge on any atom is -0.497 e. The molecule has 8 nitrogen and oxygen atoms in total. The number of thioether (sulfide) groups is 1. The second-order valence-corrected chi connectivity index (χ2v) is 7.86. The Bertz CT molecular complexity index is 1040. The quantitative estimate of drug-likeness (QED) is 0.388. The number of amides is 1. The zero-order valence-corrected chi connectivity index (χ0v) is 18.9. The van der Waals surface area contributed by atoms with Gasteiger partial charge in [0, 0.05) is 6.07 Å². The Hall–Kier alpha value is -3.20. The second-order valence-electron chi connectivity index (χ2n) is 6.92. The molecule has 0 saturated heterocycles. The molecule has 0 bridgehead atoms. The standard InChI is InChI=1S/C22H27N5O3S/c1-5-15-6-8-16(9-7-15)14(2)24-20(28)13-31-22-26-25-21(27(22)23)18-11-10-17(29-3)12-19(18)30-4/h6-12,14H,5,13,23H2,1-4H3,(H,24,28)/t14-/m0/s1. The molecular formula is C22H27N5O3S. The lowest BCUT2D eigenvalue weighted by atomic mass is 10.1. The van der Waals surface area contributed by atoms with E-state index in [1.807, 2.05) is 19.1 Å². The fourth-order valence-electron chi connectivity index (χ4n) is 3.08. The number of carbonyl (C=O) groups excluding carboxylic acids is 1. The molecule has 1 aromatic heterocycles. The summed E-state index contributed by atoms with van der Waals surface area (Å²) in [7, 11) is 3.15.